The molecule has 5 rings (SSSR count). The fraction of sp³-hybridized carbons (Fsp3) is 0.250. The topological polar surface area (TPSA) is 69.7 Å². The molecule has 0 radical (unpaired) electrons. The first kappa shape index (κ1) is 21.9. The minimum absolute atomic E-state index is 0.221. The van der Waals surface area contributed by atoms with Gasteiger partial charge in [0.05, 0.1) is 0 Å². The van der Waals surface area contributed by atoms with Gasteiger partial charge in [0.15, 0.2) is 5.54 Å². The number of fused-ring (bicyclic) bond motifs is 1. The summed E-state index contributed by atoms with van der Waals surface area (Å²) in [6, 6.07) is 25.5. The number of nitrogens with zero attached hydrogens (tertiary/aromatic N) is 2. The van der Waals surface area contributed by atoms with Crippen molar-refractivity contribution in [3.05, 3.63) is 107 Å². The van der Waals surface area contributed by atoms with E-state index in [1.54, 1.807) is 11.8 Å². The average Bonchev–Trinajstić information content (AvgIpc) is 3.13. The Morgan fingerprint density at radius 2 is 1.53 bits per heavy atom. The zero-order valence-electron chi connectivity index (χ0n) is 19.1. The monoisotopic (exact) mass is 453 g/mol. The van der Waals surface area contributed by atoms with Crippen LogP contribution >= 0.6 is 0 Å². The van der Waals surface area contributed by atoms with Gasteiger partial charge in [-0.1, -0.05) is 84.9 Å². The first-order valence-electron chi connectivity index (χ1n) is 11.6. The first-order chi connectivity index (χ1) is 16.5. The number of carbonyl (C=O) groups is 3. The summed E-state index contributed by atoms with van der Waals surface area (Å²) in [6.45, 7) is 2.69. The van der Waals surface area contributed by atoms with Gasteiger partial charge < -0.3 is 10.2 Å². The van der Waals surface area contributed by atoms with Crippen molar-refractivity contribution in [2.45, 2.75) is 37.9 Å². The normalized spacial score (nSPS) is 20.6. The first-order valence-corrected chi connectivity index (χ1v) is 11.6. The van der Waals surface area contributed by atoms with Crippen LogP contribution in [0, 0.1) is 0 Å². The Bertz CT molecular complexity index is 1230. The molecule has 2 aliphatic heterocycles. The zero-order valence-corrected chi connectivity index (χ0v) is 19.1. The van der Waals surface area contributed by atoms with Crippen molar-refractivity contribution in [3.63, 3.8) is 0 Å². The highest BCUT2D eigenvalue weighted by Crippen LogP contribution is 2.34. The summed E-state index contributed by atoms with van der Waals surface area (Å²) in [7, 11) is 0. The Kier molecular flexibility index (Phi) is 5.65. The SMILES string of the molecule is C[C@@H](C(=O)N1CCc2ccccc2C1)N1C(=O)N[C@](Cc2ccccc2)(c2ccccc2)C1=O. The number of imide groups is 1. The van der Waals surface area contributed by atoms with Crippen LogP contribution < -0.4 is 5.32 Å². The van der Waals surface area contributed by atoms with Crippen molar-refractivity contribution in [1.29, 1.82) is 0 Å². The number of carbonyl (C=O) groups excluding carboxylic acids is 3. The smallest absolute Gasteiger partial charge is 0.326 e. The summed E-state index contributed by atoms with van der Waals surface area (Å²) >= 11 is 0. The van der Waals surface area contributed by atoms with Gasteiger partial charge in [0.1, 0.15) is 6.04 Å². The van der Waals surface area contributed by atoms with Gasteiger partial charge in [-0.15, -0.1) is 0 Å². The molecule has 4 amide bonds. The van der Waals surface area contributed by atoms with Gasteiger partial charge >= 0.3 is 6.03 Å². The average molecular weight is 454 g/mol. The van der Waals surface area contributed by atoms with E-state index in [4.69, 9.17) is 0 Å². The van der Waals surface area contributed by atoms with Crippen molar-refractivity contribution in [1.82, 2.24) is 15.1 Å². The van der Waals surface area contributed by atoms with Crippen LogP contribution in [0.3, 0.4) is 0 Å². The van der Waals surface area contributed by atoms with Crippen LogP contribution in [0.5, 0.6) is 0 Å². The summed E-state index contributed by atoms with van der Waals surface area (Å²) in [4.78, 5) is 43.5. The summed E-state index contributed by atoms with van der Waals surface area (Å²) in [5.74, 6) is -0.618. The summed E-state index contributed by atoms with van der Waals surface area (Å²) < 4.78 is 0. The highest BCUT2D eigenvalue weighted by molar-refractivity contribution is 6.10. The molecular weight excluding hydrogens is 426 g/mol. The molecule has 1 saturated heterocycles. The van der Waals surface area contributed by atoms with Gasteiger partial charge in [-0.05, 0) is 35.6 Å². The van der Waals surface area contributed by atoms with Gasteiger partial charge in [0, 0.05) is 19.5 Å². The Morgan fingerprint density at radius 1 is 0.912 bits per heavy atom. The second-order valence-electron chi connectivity index (χ2n) is 8.99. The minimum Gasteiger partial charge on any atom is -0.336 e. The lowest BCUT2D eigenvalue weighted by atomic mass is 9.83. The molecule has 2 heterocycles. The maximum Gasteiger partial charge on any atom is 0.326 e. The molecular formula is C28H27N3O3. The molecule has 0 unspecified atom stereocenters. The number of rotatable bonds is 5. The molecule has 0 saturated carbocycles. The third kappa shape index (κ3) is 3.75. The molecule has 3 aromatic rings. The van der Waals surface area contributed by atoms with Gasteiger partial charge in [0.25, 0.3) is 5.91 Å². The molecule has 2 aliphatic rings. The Morgan fingerprint density at radius 3 is 2.24 bits per heavy atom. The van der Waals surface area contributed by atoms with E-state index in [9.17, 15) is 14.4 Å². The third-order valence-corrected chi connectivity index (χ3v) is 6.89. The Balaban J connectivity index is 1.44. The largest absolute Gasteiger partial charge is 0.336 e. The molecule has 0 spiro atoms. The van der Waals surface area contributed by atoms with E-state index >= 15 is 0 Å². The lowest BCUT2D eigenvalue weighted by Crippen LogP contribution is -2.52. The molecule has 34 heavy (non-hydrogen) atoms. The quantitative estimate of drug-likeness (QED) is 0.600. The number of amides is 4. The van der Waals surface area contributed by atoms with Gasteiger partial charge in [0.2, 0.25) is 5.91 Å². The van der Waals surface area contributed by atoms with Gasteiger partial charge in [-0.3, -0.25) is 9.59 Å². The van der Waals surface area contributed by atoms with Crippen LogP contribution in [0.1, 0.15) is 29.2 Å². The van der Waals surface area contributed by atoms with E-state index in [1.165, 1.54) is 5.56 Å². The Hall–Kier alpha value is -3.93. The van der Waals surface area contributed by atoms with Crippen LogP contribution in [0.2, 0.25) is 0 Å². The second kappa shape index (κ2) is 8.78. The molecule has 1 N–H and O–H groups in total. The fourth-order valence-electron chi connectivity index (χ4n) is 5.05. The maximum atomic E-state index is 13.9. The molecule has 6 heteroatoms. The van der Waals surface area contributed by atoms with E-state index < -0.39 is 23.5 Å². The molecule has 172 valence electrons. The summed E-state index contributed by atoms with van der Waals surface area (Å²) in [5, 5.41) is 2.95. The van der Waals surface area contributed by atoms with Crippen LogP contribution in [0.25, 0.3) is 0 Å². The molecule has 0 bridgehead atoms. The van der Waals surface area contributed by atoms with E-state index in [0.717, 1.165) is 22.4 Å². The lowest BCUT2D eigenvalue weighted by Gasteiger charge is -2.33. The highest BCUT2D eigenvalue weighted by atomic mass is 16.2. The molecule has 3 aromatic carbocycles. The predicted molar refractivity (Wildman–Crippen MR) is 129 cm³/mol. The zero-order chi connectivity index (χ0) is 23.7. The van der Waals surface area contributed by atoms with E-state index in [0.29, 0.717) is 25.1 Å². The van der Waals surface area contributed by atoms with Gasteiger partial charge in [-0.25, -0.2) is 9.69 Å². The number of nitrogens with one attached hydrogen (secondary N) is 1. The third-order valence-electron chi connectivity index (χ3n) is 6.89. The number of hydrogen-bond acceptors (Lipinski definition) is 3. The van der Waals surface area contributed by atoms with Crippen LogP contribution in [0.4, 0.5) is 4.79 Å². The predicted octanol–water partition coefficient (Wildman–Crippen LogP) is 3.65. The van der Waals surface area contributed by atoms with Crippen LogP contribution in [0.15, 0.2) is 84.9 Å². The van der Waals surface area contributed by atoms with Crippen LogP contribution in [-0.4, -0.2) is 40.2 Å². The van der Waals surface area contributed by atoms with Crippen molar-refractivity contribution in [2.75, 3.05) is 6.54 Å². The van der Waals surface area contributed by atoms with Gasteiger partial charge in [-0.2, -0.15) is 0 Å². The van der Waals surface area contributed by atoms with Crippen molar-refractivity contribution < 1.29 is 14.4 Å². The molecule has 6 nitrogen and oxygen atoms in total. The van der Waals surface area contributed by atoms with E-state index in [-0.39, 0.29) is 5.91 Å². The number of hydrogen-bond donors (Lipinski definition) is 1. The molecule has 1 fully saturated rings. The summed E-state index contributed by atoms with van der Waals surface area (Å²) in [6.07, 6.45) is 1.06. The number of benzene rings is 3. The van der Waals surface area contributed by atoms with Crippen molar-refractivity contribution in [2.24, 2.45) is 0 Å². The molecule has 0 aliphatic carbocycles. The van der Waals surface area contributed by atoms with E-state index in [2.05, 4.69) is 11.4 Å². The minimum atomic E-state index is -1.26. The second-order valence-corrected chi connectivity index (χ2v) is 8.99. The Labute approximate surface area is 199 Å². The summed E-state index contributed by atoms with van der Waals surface area (Å²) in [5.41, 5.74) is 2.71. The fourth-order valence-corrected chi connectivity index (χ4v) is 5.05. The standard InChI is InChI=1S/C28H27N3O3/c1-20(25(32)30-17-16-22-12-8-9-13-23(22)19-30)31-26(33)28(29-27(31)34,24-14-6-3-7-15-24)18-21-10-4-2-5-11-21/h2-15,20H,16-19H2,1H3,(H,29,34)/t20-,28+/m0/s1. The van der Waals surface area contributed by atoms with E-state index in [1.807, 2.05) is 78.9 Å². The number of urea groups is 1. The molecule has 0 aromatic heterocycles. The van der Waals surface area contributed by atoms with Crippen molar-refractivity contribution in [3.8, 4) is 0 Å². The highest BCUT2D eigenvalue weighted by Gasteiger charge is 2.55. The maximum absolute atomic E-state index is 13.9. The lowest BCUT2D eigenvalue weighted by molar-refractivity contribution is -0.143. The van der Waals surface area contributed by atoms with Crippen molar-refractivity contribution >= 4 is 17.8 Å². The van der Waals surface area contributed by atoms with Crippen LogP contribution in [-0.2, 0) is 34.5 Å². The molecule has 2 atom stereocenters.